The van der Waals surface area contributed by atoms with Gasteiger partial charge in [-0.2, -0.15) is 10.2 Å². The molecule has 0 bridgehead atoms. The largest absolute Gasteiger partial charge is 0.478 e. The van der Waals surface area contributed by atoms with Gasteiger partial charge in [0.2, 0.25) is 5.88 Å². The summed E-state index contributed by atoms with van der Waals surface area (Å²) in [5.74, 6) is 0.617. The molecule has 0 radical (unpaired) electrons. The van der Waals surface area contributed by atoms with Crippen molar-refractivity contribution in [3.05, 3.63) is 65.1 Å². The van der Waals surface area contributed by atoms with Crippen LogP contribution >= 0.6 is 0 Å². The van der Waals surface area contributed by atoms with Crippen molar-refractivity contribution in [2.45, 2.75) is 25.6 Å². The van der Waals surface area contributed by atoms with Gasteiger partial charge < -0.3 is 9.47 Å². The van der Waals surface area contributed by atoms with Gasteiger partial charge in [-0.1, -0.05) is 18.2 Å². The van der Waals surface area contributed by atoms with Gasteiger partial charge in [0.25, 0.3) is 0 Å². The van der Waals surface area contributed by atoms with Gasteiger partial charge in [-0.15, -0.1) is 0 Å². The van der Waals surface area contributed by atoms with Crippen LogP contribution in [0.4, 0.5) is 4.39 Å². The topological polar surface area (TPSA) is 59.3 Å². The monoisotopic (exact) mass is 394 g/mol. The fraction of sp³-hybridized carbons (Fsp3) is 0.409. The molecule has 4 heterocycles. The SMILES string of the molecule is CCOc1ccc(CN2C[C@H]3OCC4=C(c5ccccc5F)N=NC4[C@@H]3C2)cn1. The number of nitrogens with zero attached hydrogens (tertiary/aromatic N) is 4. The summed E-state index contributed by atoms with van der Waals surface area (Å²) in [7, 11) is 0. The van der Waals surface area contributed by atoms with Crippen molar-refractivity contribution in [2.24, 2.45) is 16.1 Å². The summed E-state index contributed by atoms with van der Waals surface area (Å²) in [6.45, 7) is 5.55. The number of azo groups is 1. The molecule has 1 aromatic carbocycles. The van der Waals surface area contributed by atoms with Crippen molar-refractivity contribution in [3.63, 3.8) is 0 Å². The van der Waals surface area contributed by atoms with E-state index in [9.17, 15) is 4.39 Å². The maximum atomic E-state index is 14.2. The first-order valence-electron chi connectivity index (χ1n) is 10.0. The number of hydrogen-bond donors (Lipinski definition) is 0. The average molecular weight is 394 g/mol. The minimum absolute atomic E-state index is 0.0215. The molecule has 0 aliphatic carbocycles. The quantitative estimate of drug-likeness (QED) is 0.776. The van der Waals surface area contributed by atoms with Crippen LogP contribution in [0.1, 0.15) is 18.1 Å². The molecule has 150 valence electrons. The summed E-state index contributed by atoms with van der Waals surface area (Å²) >= 11 is 0. The molecule has 3 atom stereocenters. The molecule has 1 aromatic heterocycles. The van der Waals surface area contributed by atoms with Gasteiger partial charge in [0, 0.05) is 49.0 Å². The third-order valence-electron chi connectivity index (χ3n) is 5.81. The highest BCUT2D eigenvalue weighted by Crippen LogP contribution is 2.42. The van der Waals surface area contributed by atoms with Crippen molar-refractivity contribution in [2.75, 3.05) is 26.3 Å². The van der Waals surface area contributed by atoms with E-state index in [-0.39, 0.29) is 23.9 Å². The molecular weight excluding hydrogens is 371 g/mol. The Bertz CT molecular complexity index is 960. The number of halogens is 1. The number of likely N-dealkylation sites (tertiary alicyclic amines) is 1. The molecule has 0 saturated carbocycles. The number of hydrogen-bond acceptors (Lipinski definition) is 6. The van der Waals surface area contributed by atoms with E-state index in [0.717, 1.165) is 30.8 Å². The lowest BCUT2D eigenvalue weighted by atomic mass is 9.87. The molecule has 0 N–H and O–H groups in total. The Balaban J connectivity index is 1.31. The molecular formula is C22H23FN4O2. The lowest BCUT2D eigenvalue weighted by molar-refractivity contribution is 0.0195. The summed E-state index contributed by atoms with van der Waals surface area (Å²) in [6.07, 6.45) is 1.99. The van der Waals surface area contributed by atoms with Crippen LogP contribution in [0.2, 0.25) is 0 Å². The summed E-state index contributed by atoms with van der Waals surface area (Å²) < 4.78 is 25.8. The normalized spacial score (nSPS) is 25.9. The lowest BCUT2D eigenvalue weighted by Crippen LogP contribution is -2.38. The van der Waals surface area contributed by atoms with Crippen LogP contribution in [0.15, 0.2) is 58.4 Å². The highest BCUT2D eigenvalue weighted by Gasteiger charge is 2.46. The van der Waals surface area contributed by atoms with Gasteiger partial charge in [0.15, 0.2) is 0 Å². The Hall–Kier alpha value is -2.64. The highest BCUT2D eigenvalue weighted by atomic mass is 19.1. The minimum Gasteiger partial charge on any atom is -0.478 e. The predicted octanol–water partition coefficient (Wildman–Crippen LogP) is 3.70. The number of pyridine rings is 1. The van der Waals surface area contributed by atoms with E-state index >= 15 is 0 Å². The molecule has 5 rings (SSSR count). The van der Waals surface area contributed by atoms with Crippen LogP contribution < -0.4 is 4.74 Å². The third-order valence-corrected chi connectivity index (χ3v) is 5.81. The van der Waals surface area contributed by atoms with Crippen molar-refractivity contribution in [1.82, 2.24) is 9.88 Å². The van der Waals surface area contributed by atoms with Gasteiger partial charge in [-0.05, 0) is 24.6 Å². The average Bonchev–Trinajstić information content (AvgIpc) is 3.33. The predicted molar refractivity (Wildman–Crippen MR) is 106 cm³/mol. The van der Waals surface area contributed by atoms with E-state index in [1.54, 1.807) is 12.1 Å². The molecule has 7 heteroatoms. The summed E-state index contributed by atoms with van der Waals surface area (Å²) in [4.78, 5) is 6.72. The van der Waals surface area contributed by atoms with E-state index in [4.69, 9.17) is 9.47 Å². The molecule has 29 heavy (non-hydrogen) atoms. The standard InChI is InChI=1S/C22H23FN4O2/c1-2-28-20-8-7-14(9-24-20)10-27-11-16-19(12-27)29-13-17-21(25-26-22(16)17)15-5-3-4-6-18(15)23/h3-9,16,19,22H,2,10-13H2,1H3/t16-,19-,22?/m1/s1. The summed E-state index contributed by atoms with van der Waals surface area (Å²) in [5, 5.41) is 8.87. The summed E-state index contributed by atoms with van der Waals surface area (Å²) in [6, 6.07) is 10.7. The van der Waals surface area contributed by atoms with Crippen molar-refractivity contribution in [3.8, 4) is 5.88 Å². The second kappa shape index (κ2) is 7.65. The number of ether oxygens (including phenoxy) is 2. The van der Waals surface area contributed by atoms with Crippen LogP contribution in [0.5, 0.6) is 5.88 Å². The number of benzene rings is 1. The van der Waals surface area contributed by atoms with Crippen molar-refractivity contribution in [1.29, 1.82) is 0 Å². The lowest BCUT2D eigenvalue weighted by Gasteiger charge is -2.30. The number of fused-ring (bicyclic) bond motifs is 3. The summed E-state index contributed by atoms with van der Waals surface area (Å²) in [5.41, 5.74) is 3.29. The van der Waals surface area contributed by atoms with Crippen molar-refractivity contribution < 1.29 is 13.9 Å². The van der Waals surface area contributed by atoms with Crippen LogP contribution in [-0.2, 0) is 11.3 Å². The first-order chi connectivity index (χ1) is 14.2. The smallest absolute Gasteiger partial charge is 0.213 e. The number of aromatic nitrogens is 1. The Labute approximate surface area is 169 Å². The molecule has 0 spiro atoms. The molecule has 0 amide bonds. The molecule has 6 nitrogen and oxygen atoms in total. The molecule has 1 unspecified atom stereocenters. The zero-order chi connectivity index (χ0) is 19.8. The Morgan fingerprint density at radius 3 is 2.90 bits per heavy atom. The molecule has 2 fully saturated rings. The first kappa shape index (κ1) is 18.4. The van der Waals surface area contributed by atoms with Gasteiger partial charge in [0.1, 0.15) is 11.9 Å². The molecule has 2 aromatic rings. The van der Waals surface area contributed by atoms with Gasteiger partial charge in [-0.3, -0.25) is 4.90 Å². The Morgan fingerprint density at radius 2 is 2.10 bits per heavy atom. The second-order valence-electron chi connectivity index (χ2n) is 7.66. The van der Waals surface area contributed by atoms with Crippen LogP contribution in [0.25, 0.3) is 5.70 Å². The van der Waals surface area contributed by atoms with Crippen LogP contribution in [0, 0.1) is 11.7 Å². The van der Waals surface area contributed by atoms with Crippen LogP contribution in [-0.4, -0.2) is 48.3 Å². The van der Waals surface area contributed by atoms with Crippen LogP contribution in [0.3, 0.4) is 0 Å². The van der Waals surface area contributed by atoms with Crippen molar-refractivity contribution >= 4 is 5.70 Å². The van der Waals surface area contributed by atoms with Gasteiger partial charge >= 0.3 is 0 Å². The van der Waals surface area contributed by atoms with E-state index in [2.05, 4.69) is 26.2 Å². The van der Waals surface area contributed by atoms with E-state index in [1.165, 1.54) is 6.07 Å². The Morgan fingerprint density at radius 1 is 1.21 bits per heavy atom. The fourth-order valence-corrected chi connectivity index (χ4v) is 4.45. The Kier molecular flexibility index (Phi) is 4.85. The maximum Gasteiger partial charge on any atom is 0.213 e. The molecule has 3 aliphatic rings. The van der Waals surface area contributed by atoms with E-state index in [1.807, 2.05) is 25.3 Å². The second-order valence-corrected chi connectivity index (χ2v) is 7.66. The highest BCUT2D eigenvalue weighted by molar-refractivity contribution is 5.71. The first-order valence-corrected chi connectivity index (χ1v) is 10.0. The van der Waals surface area contributed by atoms with E-state index in [0.29, 0.717) is 30.4 Å². The third kappa shape index (κ3) is 3.45. The zero-order valence-electron chi connectivity index (χ0n) is 16.3. The number of rotatable bonds is 5. The molecule has 2 saturated heterocycles. The van der Waals surface area contributed by atoms with E-state index < -0.39 is 0 Å². The maximum absolute atomic E-state index is 14.2. The van der Waals surface area contributed by atoms with Gasteiger partial charge in [-0.25, -0.2) is 9.37 Å². The fourth-order valence-electron chi connectivity index (χ4n) is 4.45. The van der Waals surface area contributed by atoms with Gasteiger partial charge in [0.05, 0.1) is 25.0 Å². The zero-order valence-corrected chi connectivity index (χ0v) is 16.3. The molecule has 3 aliphatic heterocycles. The minimum atomic E-state index is -0.271.